The van der Waals surface area contributed by atoms with Gasteiger partial charge in [0.15, 0.2) is 0 Å². The Bertz CT molecular complexity index is 438. The maximum atomic E-state index is 12.0. The van der Waals surface area contributed by atoms with Crippen LogP contribution in [0.2, 0.25) is 0 Å². The standard InChI is InChI=1S/C14H23N3O2S/c1-14(2,3)10(18)8-16-13(19)17-11(9-4-5-9)12-15-6-7-20-12/h6-7,9-11,18H,4-5,8H2,1-3H3,(H2,16,17,19). The molecule has 2 atom stereocenters. The van der Waals surface area contributed by atoms with Crippen LogP contribution in [0.4, 0.5) is 4.79 Å². The second kappa shape index (κ2) is 6.10. The number of aliphatic hydroxyl groups is 1. The van der Waals surface area contributed by atoms with Crippen LogP contribution in [0.1, 0.15) is 44.7 Å². The molecule has 1 heterocycles. The van der Waals surface area contributed by atoms with Gasteiger partial charge in [-0.3, -0.25) is 0 Å². The Morgan fingerprint density at radius 1 is 1.55 bits per heavy atom. The van der Waals surface area contributed by atoms with E-state index in [1.807, 2.05) is 26.2 Å². The van der Waals surface area contributed by atoms with E-state index in [-0.39, 0.29) is 24.0 Å². The molecule has 0 spiro atoms. The van der Waals surface area contributed by atoms with Crippen molar-refractivity contribution in [3.8, 4) is 0 Å². The molecule has 6 heteroatoms. The van der Waals surface area contributed by atoms with E-state index < -0.39 is 6.10 Å². The van der Waals surface area contributed by atoms with E-state index in [0.29, 0.717) is 5.92 Å². The summed E-state index contributed by atoms with van der Waals surface area (Å²) in [4.78, 5) is 16.2. The lowest BCUT2D eigenvalue weighted by molar-refractivity contribution is 0.0648. The minimum atomic E-state index is -0.563. The number of nitrogens with one attached hydrogen (secondary N) is 2. The molecule has 0 bridgehead atoms. The van der Waals surface area contributed by atoms with Crippen LogP contribution in [0.5, 0.6) is 0 Å². The van der Waals surface area contributed by atoms with Gasteiger partial charge in [0.25, 0.3) is 0 Å². The van der Waals surface area contributed by atoms with E-state index in [0.717, 1.165) is 17.8 Å². The molecule has 2 unspecified atom stereocenters. The fraction of sp³-hybridized carbons (Fsp3) is 0.714. The fourth-order valence-corrected chi connectivity index (χ4v) is 2.67. The highest BCUT2D eigenvalue weighted by Gasteiger charge is 2.35. The number of urea groups is 1. The first-order valence-electron chi connectivity index (χ1n) is 6.99. The summed E-state index contributed by atoms with van der Waals surface area (Å²) >= 11 is 1.57. The lowest BCUT2D eigenvalue weighted by Gasteiger charge is -2.26. The summed E-state index contributed by atoms with van der Waals surface area (Å²) in [7, 11) is 0. The van der Waals surface area contributed by atoms with Crippen molar-refractivity contribution in [3.63, 3.8) is 0 Å². The van der Waals surface area contributed by atoms with Crippen molar-refractivity contribution in [3.05, 3.63) is 16.6 Å². The number of carbonyl (C=O) groups is 1. The zero-order valence-electron chi connectivity index (χ0n) is 12.2. The molecule has 1 aliphatic carbocycles. The van der Waals surface area contributed by atoms with Crippen molar-refractivity contribution >= 4 is 17.4 Å². The van der Waals surface area contributed by atoms with Crippen LogP contribution in [-0.2, 0) is 0 Å². The highest BCUT2D eigenvalue weighted by molar-refractivity contribution is 7.09. The second-order valence-corrected chi connectivity index (χ2v) is 7.35. The number of rotatable bonds is 5. The Kier molecular flexibility index (Phi) is 4.65. The molecule has 5 nitrogen and oxygen atoms in total. The SMILES string of the molecule is CC(C)(C)C(O)CNC(=O)NC(c1nccs1)C1CC1. The van der Waals surface area contributed by atoms with E-state index >= 15 is 0 Å². The average molecular weight is 297 g/mol. The van der Waals surface area contributed by atoms with Gasteiger partial charge in [-0.1, -0.05) is 20.8 Å². The molecular formula is C14H23N3O2S. The predicted molar refractivity (Wildman–Crippen MR) is 79.6 cm³/mol. The monoisotopic (exact) mass is 297 g/mol. The second-order valence-electron chi connectivity index (χ2n) is 6.42. The number of nitrogens with zero attached hydrogens (tertiary/aromatic N) is 1. The molecule has 20 heavy (non-hydrogen) atoms. The number of carbonyl (C=O) groups excluding carboxylic acids is 1. The third kappa shape index (κ3) is 4.18. The Labute approximate surface area is 123 Å². The number of hydrogen-bond acceptors (Lipinski definition) is 4. The van der Waals surface area contributed by atoms with Crippen molar-refractivity contribution in [2.24, 2.45) is 11.3 Å². The number of hydrogen-bond donors (Lipinski definition) is 3. The minimum absolute atomic E-state index is 0.00165. The molecule has 1 aromatic heterocycles. The van der Waals surface area contributed by atoms with Gasteiger partial charge in [0, 0.05) is 18.1 Å². The summed E-state index contributed by atoms with van der Waals surface area (Å²) < 4.78 is 0. The third-order valence-electron chi connectivity index (χ3n) is 3.55. The molecule has 2 amide bonds. The van der Waals surface area contributed by atoms with Crippen molar-refractivity contribution in [1.82, 2.24) is 15.6 Å². The fourth-order valence-electron chi connectivity index (χ4n) is 1.89. The zero-order chi connectivity index (χ0) is 14.8. The summed E-state index contributed by atoms with van der Waals surface area (Å²) in [6, 6.07) is -0.234. The van der Waals surface area contributed by atoms with Crippen molar-refractivity contribution in [1.29, 1.82) is 0 Å². The zero-order valence-corrected chi connectivity index (χ0v) is 13.0. The third-order valence-corrected chi connectivity index (χ3v) is 4.41. The topological polar surface area (TPSA) is 74.2 Å². The molecule has 0 radical (unpaired) electrons. The Morgan fingerprint density at radius 2 is 2.25 bits per heavy atom. The summed E-state index contributed by atoms with van der Waals surface area (Å²) in [6.07, 6.45) is 3.47. The van der Waals surface area contributed by atoms with Gasteiger partial charge >= 0.3 is 6.03 Å². The minimum Gasteiger partial charge on any atom is -0.391 e. The number of amides is 2. The molecule has 0 aliphatic heterocycles. The van der Waals surface area contributed by atoms with Gasteiger partial charge < -0.3 is 15.7 Å². The van der Waals surface area contributed by atoms with Crippen molar-refractivity contribution < 1.29 is 9.90 Å². The lowest BCUT2D eigenvalue weighted by atomic mass is 9.89. The van der Waals surface area contributed by atoms with Gasteiger partial charge in [-0.05, 0) is 24.2 Å². The van der Waals surface area contributed by atoms with Gasteiger partial charge in [0.2, 0.25) is 0 Å². The van der Waals surface area contributed by atoms with Crippen LogP contribution < -0.4 is 10.6 Å². The summed E-state index contributed by atoms with van der Waals surface area (Å²) in [6.45, 7) is 6.09. The van der Waals surface area contributed by atoms with E-state index in [1.54, 1.807) is 17.5 Å². The molecule has 1 fully saturated rings. The quantitative estimate of drug-likeness (QED) is 0.780. The first kappa shape index (κ1) is 15.3. The average Bonchev–Trinajstić information content (AvgIpc) is 3.06. The normalized spacial score (nSPS) is 18.4. The molecule has 2 rings (SSSR count). The lowest BCUT2D eigenvalue weighted by Crippen LogP contribution is -2.44. The van der Waals surface area contributed by atoms with E-state index in [9.17, 15) is 9.90 Å². The van der Waals surface area contributed by atoms with E-state index in [1.165, 1.54) is 0 Å². The molecule has 0 saturated heterocycles. The van der Waals surface area contributed by atoms with Gasteiger partial charge in [-0.15, -0.1) is 11.3 Å². The van der Waals surface area contributed by atoms with E-state index in [4.69, 9.17) is 0 Å². The molecule has 112 valence electrons. The molecule has 1 aliphatic rings. The molecule has 1 aromatic rings. The first-order valence-corrected chi connectivity index (χ1v) is 7.87. The highest BCUT2D eigenvalue weighted by atomic mass is 32.1. The first-order chi connectivity index (χ1) is 9.38. The van der Waals surface area contributed by atoms with Crippen LogP contribution in [0, 0.1) is 11.3 Å². The summed E-state index contributed by atoms with van der Waals surface area (Å²) in [5.74, 6) is 0.499. The summed E-state index contributed by atoms with van der Waals surface area (Å²) in [5.41, 5.74) is -0.238. The van der Waals surface area contributed by atoms with Gasteiger partial charge in [0.1, 0.15) is 5.01 Å². The molecule has 3 N–H and O–H groups in total. The molecular weight excluding hydrogens is 274 g/mol. The van der Waals surface area contributed by atoms with Crippen molar-refractivity contribution in [2.75, 3.05) is 6.54 Å². The van der Waals surface area contributed by atoms with Crippen LogP contribution in [-0.4, -0.2) is 28.8 Å². The van der Waals surface area contributed by atoms with Gasteiger partial charge in [-0.2, -0.15) is 0 Å². The smallest absolute Gasteiger partial charge is 0.315 e. The Hall–Kier alpha value is -1.14. The Balaban J connectivity index is 1.84. The number of thiazole rings is 1. The largest absolute Gasteiger partial charge is 0.391 e. The summed E-state index contributed by atoms with van der Waals surface area (Å²) in [5, 5.41) is 18.5. The predicted octanol–water partition coefficient (Wildman–Crippen LogP) is 2.30. The van der Waals surface area contributed by atoms with E-state index in [2.05, 4.69) is 15.6 Å². The van der Waals surface area contributed by atoms with Gasteiger partial charge in [0.05, 0.1) is 12.1 Å². The number of aliphatic hydroxyl groups excluding tert-OH is 1. The molecule has 0 aromatic carbocycles. The van der Waals surface area contributed by atoms with Crippen LogP contribution >= 0.6 is 11.3 Å². The molecule has 1 saturated carbocycles. The highest BCUT2D eigenvalue weighted by Crippen LogP contribution is 2.41. The maximum Gasteiger partial charge on any atom is 0.315 e. The number of aromatic nitrogens is 1. The van der Waals surface area contributed by atoms with Crippen LogP contribution in [0.15, 0.2) is 11.6 Å². The van der Waals surface area contributed by atoms with Gasteiger partial charge in [-0.25, -0.2) is 9.78 Å². The van der Waals surface area contributed by atoms with Crippen LogP contribution in [0.25, 0.3) is 0 Å². The Morgan fingerprint density at radius 3 is 2.75 bits per heavy atom. The van der Waals surface area contributed by atoms with Crippen LogP contribution in [0.3, 0.4) is 0 Å². The van der Waals surface area contributed by atoms with Crippen molar-refractivity contribution in [2.45, 2.75) is 45.8 Å². The maximum absolute atomic E-state index is 12.0.